The minimum absolute atomic E-state index is 0.805. The molecule has 0 aliphatic carbocycles. The zero-order valence-corrected chi connectivity index (χ0v) is 6.67. The maximum atomic E-state index is 10.3. The average Bonchev–Trinajstić information content (AvgIpc) is 2.50. The van der Waals surface area contributed by atoms with Crippen molar-refractivity contribution >= 4 is 18.2 Å². The minimum Gasteiger partial charge on any atom is -0.296 e. The van der Waals surface area contributed by atoms with Gasteiger partial charge in [0.15, 0.2) is 0 Å². The lowest BCUT2D eigenvalue weighted by Crippen LogP contribution is -2.09. The van der Waals surface area contributed by atoms with Crippen LogP contribution in [0.1, 0.15) is 0 Å². The Labute approximate surface area is 69.3 Å². The third-order valence-electron chi connectivity index (χ3n) is 1.64. The van der Waals surface area contributed by atoms with Crippen molar-refractivity contribution in [1.82, 2.24) is 4.90 Å². The first-order valence-corrected chi connectivity index (χ1v) is 4.35. The van der Waals surface area contributed by atoms with Crippen molar-refractivity contribution in [3.8, 4) is 0 Å². The average molecular weight is 165 g/mol. The molecule has 0 saturated heterocycles. The first-order valence-electron chi connectivity index (χ1n) is 3.36. The Morgan fingerprint density at radius 2 is 2.55 bits per heavy atom. The molecule has 0 aromatic carbocycles. The number of hydrogen-bond donors (Lipinski definition) is 0. The number of nitrogens with zero attached hydrogens (tertiary/aromatic N) is 1. The number of rotatable bonds is 1. The molecule has 56 valence electrons. The summed E-state index contributed by atoms with van der Waals surface area (Å²) < 4.78 is 0. The van der Waals surface area contributed by atoms with Crippen LogP contribution < -0.4 is 0 Å². The fourth-order valence-electron chi connectivity index (χ4n) is 1.08. The number of carbonyl (C=O) groups is 1. The van der Waals surface area contributed by atoms with Gasteiger partial charge in [0.25, 0.3) is 0 Å². The van der Waals surface area contributed by atoms with E-state index in [9.17, 15) is 4.79 Å². The maximum absolute atomic E-state index is 10.3. The molecule has 0 saturated carbocycles. The Bertz CT molecular complexity index is 278. The van der Waals surface area contributed by atoms with E-state index in [1.165, 1.54) is 15.4 Å². The number of amides is 1. The molecule has 2 rings (SSSR count). The van der Waals surface area contributed by atoms with E-state index >= 15 is 0 Å². The minimum atomic E-state index is 0.805. The van der Waals surface area contributed by atoms with E-state index in [-0.39, 0.29) is 0 Å². The van der Waals surface area contributed by atoms with Crippen molar-refractivity contribution in [3.63, 3.8) is 0 Å². The second kappa shape index (κ2) is 2.58. The second-order valence-electron chi connectivity index (χ2n) is 2.33. The van der Waals surface area contributed by atoms with Gasteiger partial charge < -0.3 is 0 Å². The molecular weight excluding hydrogens is 158 g/mol. The van der Waals surface area contributed by atoms with E-state index in [1.807, 2.05) is 12.3 Å². The highest BCUT2D eigenvalue weighted by molar-refractivity contribution is 8.03. The molecule has 0 spiro atoms. The summed E-state index contributed by atoms with van der Waals surface area (Å²) in [5, 5.41) is 0. The molecule has 0 N–H and O–H groups in total. The van der Waals surface area contributed by atoms with Crippen LogP contribution in [-0.2, 0) is 4.79 Å². The number of hydrogen-bond acceptors (Lipinski definition) is 2. The van der Waals surface area contributed by atoms with Crippen LogP contribution in [0, 0.1) is 0 Å². The topological polar surface area (TPSA) is 20.3 Å². The smallest absolute Gasteiger partial charge is 0.217 e. The Kier molecular flexibility index (Phi) is 1.58. The summed E-state index contributed by atoms with van der Waals surface area (Å²) in [5.41, 5.74) is 1.24. The van der Waals surface area contributed by atoms with E-state index in [0.29, 0.717) is 0 Å². The van der Waals surface area contributed by atoms with Crippen LogP contribution in [0.2, 0.25) is 0 Å². The van der Waals surface area contributed by atoms with Gasteiger partial charge in [-0.3, -0.25) is 9.69 Å². The monoisotopic (exact) mass is 165 g/mol. The first-order chi connectivity index (χ1) is 5.40. The van der Waals surface area contributed by atoms with Crippen molar-refractivity contribution in [3.05, 3.63) is 35.0 Å². The van der Waals surface area contributed by atoms with E-state index in [0.717, 1.165) is 12.2 Å². The lowest BCUT2D eigenvalue weighted by Gasteiger charge is -2.12. The highest BCUT2D eigenvalue weighted by Crippen LogP contribution is 2.34. The predicted molar refractivity (Wildman–Crippen MR) is 45.7 cm³/mol. The molecule has 2 aliphatic rings. The number of fused-ring (bicyclic) bond motifs is 1. The molecule has 1 amide bonds. The molecular formula is C8H7NOS. The summed E-state index contributed by atoms with van der Waals surface area (Å²) in [5.74, 6) is 1.03. The Morgan fingerprint density at radius 3 is 3.36 bits per heavy atom. The summed E-state index contributed by atoms with van der Waals surface area (Å²) in [6.45, 7) is 0. The standard InChI is InChI=1S/C8H7NOS/c10-6-9-3-1-7-2-4-11-8(7)5-9/h1-3,5-6H,4H2. The van der Waals surface area contributed by atoms with Gasteiger partial charge in [0.05, 0.1) is 0 Å². The largest absolute Gasteiger partial charge is 0.296 e. The van der Waals surface area contributed by atoms with E-state index < -0.39 is 0 Å². The number of carbonyl (C=O) groups excluding carboxylic acids is 1. The van der Waals surface area contributed by atoms with Crippen molar-refractivity contribution in [2.75, 3.05) is 5.75 Å². The second-order valence-corrected chi connectivity index (χ2v) is 3.39. The molecule has 2 nitrogen and oxygen atoms in total. The van der Waals surface area contributed by atoms with Gasteiger partial charge in [0.1, 0.15) is 0 Å². The zero-order chi connectivity index (χ0) is 7.68. The molecule has 0 atom stereocenters. The van der Waals surface area contributed by atoms with Gasteiger partial charge in [0.2, 0.25) is 6.41 Å². The van der Waals surface area contributed by atoms with E-state index in [4.69, 9.17) is 0 Å². The summed E-state index contributed by atoms with van der Waals surface area (Å²) >= 11 is 1.76. The quantitative estimate of drug-likeness (QED) is 0.549. The lowest BCUT2D eigenvalue weighted by atomic mass is 10.2. The van der Waals surface area contributed by atoms with Crippen LogP contribution in [-0.4, -0.2) is 17.1 Å². The first kappa shape index (κ1) is 6.73. The lowest BCUT2D eigenvalue weighted by molar-refractivity contribution is -0.114. The Hall–Kier alpha value is -0.960. The van der Waals surface area contributed by atoms with Crippen LogP contribution in [0.4, 0.5) is 0 Å². The molecule has 0 unspecified atom stereocenters. The number of thioether (sulfide) groups is 1. The van der Waals surface area contributed by atoms with E-state index in [2.05, 4.69) is 6.08 Å². The molecule has 3 heteroatoms. The van der Waals surface area contributed by atoms with Gasteiger partial charge in [0, 0.05) is 23.1 Å². The van der Waals surface area contributed by atoms with Crippen molar-refractivity contribution in [1.29, 1.82) is 0 Å². The highest BCUT2D eigenvalue weighted by atomic mass is 32.2. The third-order valence-corrected chi connectivity index (χ3v) is 2.63. The Morgan fingerprint density at radius 1 is 1.64 bits per heavy atom. The van der Waals surface area contributed by atoms with Crippen molar-refractivity contribution < 1.29 is 4.79 Å². The van der Waals surface area contributed by atoms with Gasteiger partial charge in [-0.2, -0.15) is 0 Å². The van der Waals surface area contributed by atoms with Gasteiger partial charge in [-0.15, -0.1) is 11.8 Å². The highest BCUT2D eigenvalue weighted by Gasteiger charge is 2.13. The predicted octanol–water partition coefficient (Wildman–Crippen LogP) is 1.49. The molecule has 11 heavy (non-hydrogen) atoms. The molecule has 0 aromatic rings. The normalized spacial score (nSPS) is 20.9. The van der Waals surface area contributed by atoms with Crippen LogP contribution >= 0.6 is 11.8 Å². The molecule has 0 radical (unpaired) electrons. The van der Waals surface area contributed by atoms with Crippen molar-refractivity contribution in [2.24, 2.45) is 0 Å². The molecule has 0 bridgehead atoms. The molecule has 0 aromatic heterocycles. The summed E-state index contributed by atoms with van der Waals surface area (Å²) in [4.78, 5) is 13.1. The van der Waals surface area contributed by atoms with Crippen LogP contribution in [0.3, 0.4) is 0 Å². The Balaban J connectivity index is 2.30. The fraction of sp³-hybridized carbons (Fsp3) is 0.125. The van der Waals surface area contributed by atoms with Crippen LogP contribution in [0.25, 0.3) is 0 Å². The molecule has 0 fully saturated rings. The molecule has 2 heterocycles. The van der Waals surface area contributed by atoms with Gasteiger partial charge in [-0.25, -0.2) is 0 Å². The van der Waals surface area contributed by atoms with Crippen LogP contribution in [0.15, 0.2) is 35.0 Å². The number of allylic oxidation sites excluding steroid dienone is 2. The SMILES string of the molecule is O=CN1C=CC2=CCSC2=C1. The maximum Gasteiger partial charge on any atom is 0.217 e. The van der Waals surface area contributed by atoms with Gasteiger partial charge in [-0.05, 0) is 11.6 Å². The van der Waals surface area contributed by atoms with Crippen molar-refractivity contribution in [2.45, 2.75) is 0 Å². The summed E-state index contributed by atoms with van der Waals surface area (Å²) in [6.07, 6.45) is 8.56. The zero-order valence-electron chi connectivity index (χ0n) is 5.86. The van der Waals surface area contributed by atoms with Gasteiger partial charge in [-0.1, -0.05) is 6.08 Å². The van der Waals surface area contributed by atoms with E-state index in [1.54, 1.807) is 18.0 Å². The van der Waals surface area contributed by atoms with Crippen LogP contribution in [0.5, 0.6) is 0 Å². The van der Waals surface area contributed by atoms with Gasteiger partial charge >= 0.3 is 0 Å². The molecule has 2 aliphatic heterocycles. The third kappa shape index (κ3) is 1.12. The fourth-order valence-corrected chi connectivity index (χ4v) is 2.03. The summed E-state index contributed by atoms with van der Waals surface area (Å²) in [7, 11) is 0. The summed E-state index contributed by atoms with van der Waals surface area (Å²) in [6, 6.07) is 0.